The molecular weight excluding hydrogens is 330 g/mol. The van der Waals surface area contributed by atoms with Gasteiger partial charge in [0.1, 0.15) is 5.82 Å². The lowest BCUT2D eigenvalue weighted by Crippen LogP contribution is -2.18. The van der Waals surface area contributed by atoms with Crippen molar-refractivity contribution in [2.45, 2.75) is 28.3 Å². The molecule has 0 unspecified atom stereocenters. The van der Waals surface area contributed by atoms with Gasteiger partial charge in [-0.1, -0.05) is 6.92 Å². The number of aromatic nitrogens is 3. The van der Waals surface area contributed by atoms with Crippen LogP contribution in [0.1, 0.15) is 12.7 Å². The molecule has 0 aliphatic carbocycles. The summed E-state index contributed by atoms with van der Waals surface area (Å²) < 4.78 is 25.6. The van der Waals surface area contributed by atoms with Gasteiger partial charge in [0.25, 0.3) is 5.69 Å². The van der Waals surface area contributed by atoms with E-state index in [1.807, 2.05) is 6.92 Å². The first-order chi connectivity index (χ1) is 10.4. The molecule has 0 saturated carbocycles. The second kappa shape index (κ2) is 6.42. The number of nitrogens with zero attached hydrogens (tertiary/aromatic N) is 3. The third kappa shape index (κ3) is 3.43. The first kappa shape index (κ1) is 16.4. The summed E-state index contributed by atoms with van der Waals surface area (Å²) in [7, 11) is -2.50. The molecule has 2 N–H and O–H groups in total. The average molecular weight is 343 g/mol. The standard InChI is InChI=1S/C11H13N5O4S2/c1-3-10-13-11(15-14-10)21-9-5-4-7(22(19,20)12-2)6-8(9)16(17)18/h4-6,12H,3H2,1-2H3,(H,13,14,15). The molecule has 2 aromatic rings. The van der Waals surface area contributed by atoms with Crippen LogP contribution in [-0.4, -0.2) is 35.6 Å². The number of hydrogen-bond donors (Lipinski definition) is 2. The van der Waals surface area contributed by atoms with Crippen molar-refractivity contribution in [2.24, 2.45) is 0 Å². The Morgan fingerprint density at radius 2 is 2.18 bits per heavy atom. The van der Waals surface area contributed by atoms with Gasteiger partial charge < -0.3 is 0 Å². The summed E-state index contributed by atoms with van der Waals surface area (Å²) in [6.07, 6.45) is 0.662. The molecule has 0 spiro atoms. The first-order valence-electron chi connectivity index (χ1n) is 6.18. The molecule has 0 atom stereocenters. The number of aryl methyl sites for hydroxylation is 1. The van der Waals surface area contributed by atoms with Crippen LogP contribution in [0.5, 0.6) is 0 Å². The highest BCUT2D eigenvalue weighted by Gasteiger charge is 2.22. The number of aromatic amines is 1. The summed E-state index contributed by atoms with van der Waals surface area (Å²) in [6, 6.07) is 3.69. The van der Waals surface area contributed by atoms with Gasteiger partial charge in [0.2, 0.25) is 15.2 Å². The van der Waals surface area contributed by atoms with E-state index in [0.717, 1.165) is 17.8 Å². The van der Waals surface area contributed by atoms with Crippen molar-refractivity contribution in [1.29, 1.82) is 0 Å². The molecule has 0 bridgehead atoms. The summed E-state index contributed by atoms with van der Waals surface area (Å²) in [6.45, 7) is 1.90. The van der Waals surface area contributed by atoms with Crippen LogP contribution in [0.3, 0.4) is 0 Å². The number of nitrogens with one attached hydrogen (secondary N) is 2. The maximum atomic E-state index is 11.7. The molecule has 1 heterocycles. The Hall–Kier alpha value is -1.98. The van der Waals surface area contributed by atoms with Crippen LogP contribution in [0, 0.1) is 10.1 Å². The Balaban J connectivity index is 2.41. The van der Waals surface area contributed by atoms with Crippen molar-refractivity contribution in [1.82, 2.24) is 19.9 Å². The summed E-state index contributed by atoms with van der Waals surface area (Å²) in [4.78, 5) is 14.8. The minimum Gasteiger partial charge on any atom is -0.262 e. The smallest absolute Gasteiger partial charge is 0.262 e. The van der Waals surface area contributed by atoms with Crippen molar-refractivity contribution < 1.29 is 13.3 Å². The van der Waals surface area contributed by atoms with Crippen LogP contribution in [0.25, 0.3) is 0 Å². The SMILES string of the molecule is CCc1nc(Sc2ccc(S(=O)(=O)NC)cc2[N+](=O)[O-])n[nH]1. The Labute approximate surface area is 130 Å². The fraction of sp³-hybridized carbons (Fsp3) is 0.273. The summed E-state index contributed by atoms with van der Waals surface area (Å²) >= 11 is 0.995. The van der Waals surface area contributed by atoms with Gasteiger partial charge in [-0.3, -0.25) is 15.2 Å². The molecule has 0 aliphatic rings. The van der Waals surface area contributed by atoms with E-state index < -0.39 is 14.9 Å². The van der Waals surface area contributed by atoms with Crippen molar-refractivity contribution in [3.8, 4) is 0 Å². The van der Waals surface area contributed by atoms with Gasteiger partial charge in [0.15, 0.2) is 0 Å². The van der Waals surface area contributed by atoms with E-state index in [2.05, 4.69) is 19.9 Å². The minimum absolute atomic E-state index is 0.171. The second-order valence-corrected chi connectivity index (χ2v) is 7.01. The highest BCUT2D eigenvalue weighted by atomic mass is 32.2. The predicted molar refractivity (Wildman–Crippen MR) is 79.2 cm³/mol. The first-order valence-corrected chi connectivity index (χ1v) is 8.48. The fourth-order valence-electron chi connectivity index (χ4n) is 1.59. The second-order valence-electron chi connectivity index (χ2n) is 4.11. The quantitative estimate of drug-likeness (QED) is 0.597. The van der Waals surface area contributed by atoms with E-state index in [9.17, 15) is 18.5 Å². The molecule has 0 radical (unpaired) electrons. The average Bonchev–Trinajstić information content (AvgIpc) is 2.95. The van der Waals surface area contributed by atoms with E-state index in [4.69, 9.17) is 0 Å². The monoisotopic (exact) mass is 343 g/mol. The predicted octanol–water partition coefficient (Wildman–Crippen LogP) is 1.33. The van der Waals surface area contributed by atoms with Gasteiger partial charge in [-0.05, 0) is 30.9 Å². The van der Waals surface area contributed by atoms with E-state index in [-0.39, 0.29) is 15.5 Å². The highest BCUT2D eigenvalue weighted by molar-refractivity contribution is 7.99. The fourth-order valence-corrected chi connectivity index (χ4v) is 3.16. The lowest BCUT2D eigenvalue weighted by Gasteiger charge is -2.04. The molecule has 22 heavy (non-hydrogen) atoms. The number of hydrogen-bond acceptors (Lipinski definition) is 7. The summed E-state index contributed by atoms with van der Waals surface area (Å²) in [5.41, 5.74) is -0.316. The van der Waals surface area contributed by atoms with E-state index in [1.54, 1.807) is 0 Å². The van der Waals surface area contributed by atoms with Crippen LogP contribution < -0.4 is 4.72 Å². The number of benzene rings is 1. The van der Waals surface area contributed by atoms with Crippen LogP contribution >= 0.6 is 11.8 Å². The van der Waals surface area contributed by atoms with Crippen molar-refractivity contribution in [3.05, 3.63) is 34.1 Å². The van der Waals surface area contributed by atoms with Crippen LogP contribution in [0.15, 0.2) is 33.1 Å². The minimum atomic E-state index is -3.74. The zero-order valence-electron chi connectivity index (χ0n) is 11.7. The third-order valence-corrected chi connectivity index (χ3v) is 5.10. The Morgan fingerprint density at radius 3 is 2.73 bits per heavy atom. The molecule has 118 valence electrons. The number of H-pyrrole nitrogens is 1. The molecule has 1 aromatic carbocycles. The Kier molecular flexibility index (Phi) is 4.78. The molecule has 2 rings (SSSR count). The van der Waals surface area contributed by atoms with Gasteiger partial charge in [-0.25, -0.2) is 18.1 Å². The topological polar surface area (TPSA) is 131 Å². The van der Waals surface area contributed by atoms with Crippen molar-refractivity contribution >= 4 is 27.5 Å². The number of nitro benzene ring substituents is 1. The summed E-state index contributed by atoms with van der Waals surface area (Å²) in [5.74, 6) is 0.666. The van der Waals surface area contributed by atoms with Gasteiger partial charge in [-0.2, -0.15) is 0 Å². The third-order valence-electron chi connectivity index (χ3n) is 2.75. The van der Waals surface area contributed by atoms with Crippen LogP contribution in [0.2, 0.25) is 0 Å². The molecule has 1 aromatic heterocycles. The number of nitro groups is 1. The van der Waals surface area contributed by atoms with Crippen LogP contribution in [0.4, 0.5) is 5.69 Å². The Morgan fingerprint density at radius 1 is 1.45 bits per heavy atom. The largest absolute Gasteiger partial charge is 0.284 e. The lowest BCUT2D eigenvalue weighted by atomic mass is 10.3. The number of rotatable bonds is 6. The van der Waals surface area contributed by atoms with Gasteiger partial charge >= 0.3 is 0 Å². The van der Waals surface area contributed by atoms with Crippen molar-refractivity contribution in [3.63, 3.8) is 0 Å². The highest BCUT2D eigenvalue weighted by Crippen LogP contribution is 2.34. The zero-order chi connectivity index (χ0) is 16.3. The molecule has 0 fully saturated rings. The lowest BCUT2D eigenvalue weighted by molar-refractivity contribution is -0.388. The maximum absolute atomic E-state index is 11.7. The van der Waals surface area contributed by atoms with Crippen molar-refractivity contribution in [2.75, 3.05) is 7.05 Å². The Bertz CT molecular complexity index is 803. The summed E-state index contributed by atoms with van der Waals surface area (Å²) in [5, 5.41) is 18.2. The molecule has 0 amide bonds. The zero-order valence-corrected chi connectivity index (χ0v) is 13.4. The molecule has 0 saturated heterocycles. The van der Waals surface area contributed by atoms with Gasteiger partial charge in [0.05, 0.1) is 14.7 Å². The van der Waals surface area contributed by atoms with Crippen LogP contribution in [-0.2, 0) is 16.4 Å². The van der Waals surface area contributed by atoms with Gasteiger partial charge in [-0.15, -0.1) is 5.10 Å². The van der Waals surface area contributed by atoms with E-state index >= 15 is 0 Å². The molecule has 11 heteroatoms. The molecule has 0 aliphatic heterocycles. The van der Waals surface area contributed by atoms with E-state index in [0.29, 0.717) is 17.4 Å². The number of sulfonamides is 1. The molecular formula is C11H13N5O4S2. The van der Waals surface area contributed by atoms with E-state index in [1.165, 1.54) is 19.2 Å². The normalized spacial score (nSPS) is 11.5. The molecule has 9 nitrogen and oxygen atoms in total. The maximum Gasteiger partial charge on any atom is 0.284 e. The van der Waals surface area contributed by atoms with Gasteiger partial charge in [0, 0.05) is 12.5 Å².